The Kier molecular flexibility index (Phi) is 5.01. The van der Waals surface area contributed by atoms with Crippen LogP contribution in [0.2, 0.25) is 0 Å². The number of piperidine rings is 1. The van der Waals surface area contributed by atoms with Crippen LogP contribution in [0.15, 0.2) is 41.2 Å². The maximum atomic E-state index is 4.39. The zero-order chi connectivity index (χ0) is 14.5. The molecule has 1 fully saturated rings. The van der Waals surface area contributed by atoms with Crippen LogP contribution in [0.4, 0.5) is 0 Å². The maximum absolute atomic E-state index is 4.39. The number of hydrogen-bond acceptors (Lipinski definition) is 4. The van der Waals surface area contributed by atoms with Gasteiger partial charge in [0.2, 0.25) is 0 Å². The minimum atomic E-state index is 0.693. The van der Waals surface area contributed by atoms with Crippen molar-refractivity contribution in [2.45, 2.75) is 32.0 Å². The fourth-order valence-corrected chi connectivity index (χ4v) is 3.61. The van der Waals surface area contributed by atoms with Crippen molar-refractivity contribution in [1.29, 1.82) is 0 Å². The lowest BCUT2D eigenvalue weighted by molar-refractivity contribution is 0.118. The van der Waals surface area contributed by atoms with E-state index in [1.165, 1.54) is 37.2 Å². The zero-order valence-corrected chi connectivity index (χ0v) is 13.4. The first-order chi connectivity index (χ1) is 10.3. The minimum Gasteiger partial charge on any atom is -0.299 e. The van der Waals surface area contributed by atoms with E-state index in [1.54, 1.807) is 11.3 Å². The molecule has 0 radical (unpaired) electrons. The largest absolute Gasteiger partial charge is 0.299 e. The fourth-order valence-electron chi connectivity index (χ4n) is 3.06. The van der Waals surface area contributed by atoms with E-state index >= 15 is 0 Å². The van der Waals surface area contributed by atoms with Gasteiger partial charge in [-0.2, -0.15) is 0 Å². The number of aromatic nitrogens is 1. The van der Waals surface area contributed by atoms with Gasteiger partial charge in [-0.05, 0) is 38.5 Å². The summed E-state index contributed by atoms with van der Waals surface area (Å²) in [5, 5.41) is 2.15. The highest BCUT2D eigenvalue weighted by atomic mass is 32.1. The molecule has 0 saturated carbocycles. The SMILES string of the molecule is CN(Cc1cscn1)C1CCN(Cc2ccccc2)CC1. The van der Waals surface area contributed by atoms with Crippen LogP contribution in [-0.2, 0) is 13.1 Å². The molecule has 0 atom stereocenters. The molecule has 3 rings (SSSR count). The fraction of sp³-hybridized carbons (Fsp3) is 0.471. The van der Waals surface area contributed by atoms with Gasteiger partial charge < -0.3 is 0 Å². The van der Waals surface area contributed by atoms with E-state index in [4.69, 9.17) is 0 Å². The summed E-state index contributed by atoms with van der Waals surface area (Å²) in [7, 11) is 2.23. The van der Waals surface area contributed by atoms with E-state index < -0.39 is 0 Å². The molecule has 1 aromatic heterocycles. The third-order valence-electron chi connectivity index (χ3n) is 4.32. The normalized spacial score (nSPS) is 17.4. The van der Waals surface area contributed by atoms with Crippen LogP contribution in [0.3, 0.4) is 0 Å². The summed E-state index contributed by atoms with van der Waals surface area (Å²) in [6.07, 6.45) is 2.51. The average molecular weight is 301 g/mol. The van der Waals surface area contributed by atoms with Crippen molar-refractivity contribution in [2.24, 2.45) is 0 Å². The first kappa shape index (κ1) is 14.7. The van der Waals surface area contributed by atoms with E-state index in [0.717, 1.165) is 13.1 Å². The summed E-state index contributed by atoms with van der Waals surface area (Å²) in [5.41, 5.74) is 4.55. The highest BCUT2D eigenvalue weighted by molar-refractivity contribution is 7.07. The van der Waals surface area contributed by atoms with Gasteiger partial charge in [0.05, 0.1) is 11.2 Å². The molecule has 112 valence electrons. The Hall–Kier alpha value is -1.23. The van der Waals surface area contributed by atoms with E-state index in [0.29, 0.717) is 6.04 Å². The summed E-state index contributed by atoms with van der Waals surface area (Å²) >= 11 is 1.68. The van der Waals surface area contributed by atoms with Crippen LogP contribution >= 0.6 is 11.3 Å². The van der Waals surface area contributed by atoms with Gasteiger partial charge >= 0.3 is 0 Å². The molecule has 1 aliphatic heterocycles. The van der Waals surface area contributed by atoms with Gasteiger partial charge in [0.25, 0.3) is 0 Å². The highest BCUT2D eigenvalue weighted by Gasteiger charge is 2.22. The minimum absolute atomic E-state index is 0.693. The van der Waals surface area contributed by atoms with Gasteiger partial charge in [0, 0.05) is 24.5 Å². The molecule has 2 heterocycles. The first-order valence-corrected chi connectivity index (χ1v) is 8.59. The van der Waals surface area contributed by atoms with Crippen molar-refractivity contribution in [1.82, 2.24) is 14.8 Å². The van der Waals surface area contributed by atoms with Crippen LogP contribution in [0.5, 0.6) is 0 Å². The molecular weight excluding hydrogens is 278 g/mol. The van der Waals surface area contributed by atoms with E-state index in [-0.39, 0.29) is 0 Å². The lowest BCUT2D eigenvalue weighted by Crippen LogP contribution is -2.42. The highest BCUT2D eigenvalue weighted by Crippen LogP contribution is 2.19. The molecule has 0 unspecified atom stereocenters. The summed E-state index contributed by atoms with van der Waals surface area (Å²) in [5.74, 6) is 0. The smallest absolute Gasteiger partial charge is 0.0795 e. The molecule has 0 aliphatic carbocycles. The average Bonchev–Trinajstić information content (AvgIpc) is 3.02. The molecule has 1 aromatic carbocycles. The van der Waals surface area contributed by atoms with Crippen LogP contribution in [0.25, 0.3) is 0 Å². The Morgan fingerprint density at radius 2 is 2.00 bits per heavy atom. The number of likely N-dealkylation sites (tertiary alicyclic amines) is 1. The maximum Gasteiger partial charge on any atom is 0.0795 e. The molecule has 21 heavy (non-hydrogen) atoms. The first-order valence-electron chi connectivity index (χ1n) is 7.65. The summed E-state index contributed by atoms with van der Waals surface area (Å²) in [4.78, 5) is 9.43. The third-order valence-corrected chi connectivity index (χ3v) is 4.96. The molecule has 4 heteroatoms. The van der Waals surface area contributed by atoms with Crippen LogP contribution in [0.1, 0.15) is 24.1 Å². The number of benzene rings is 1. The molecule has 1 saturated heterocycles. The Morgan fingerprint density at radius 3 is 2.67 bits per heavy atom. The van der Waals surface area contributed by atoms with E-state index in [9.17, 15) is 0 Å². The molecule has 0 bridgehead atoms. The quantitative estimate of drug-likeness (QED) is 0.845. The van der Waals surface area contributed by atoms with Gasteiger partial charge in [-0.1, -0.05) is 30.3 Å². The van der Waals surface area contributed by atoms with Crippen molar-refractivity contribution < 1.29 is 0 Å². The second kappa shape index (κ2) is 7.16. The van der Waals surface area contributed by atoms with Crippen LogP contribution in [-0.4, -0.2) is 41.0 Å². The zero-order valence-electron chi connectivity index (χ0n) is 12.6. The number of hydrogen-bond donors (Lipinski definition) is 0. The van der Waals surface area contributed by atoms with Crippen LogP contribution < -0.4 is 0 Å². The molecule has 0 amide bonds. The Bertz CT molecular complexity index is 518. The molecule has 0 spiro atoms. The monoisotopic (exact) mass is 301 g/mol. The van der Waals surface area contributed by atoms with Crippen molar-refractivity contribution in [3.63, 3.8) is 0 Å². The van der Waals surface area contributed by atoms with Crippen molar-refractivity contribution in [2.75, 3.05) is 20.1 Å². The van der Waals surface area contributed by atoms with Gasteiger partial charge in [-0.15, -0.1) is 11.3 Å². The number of nitrogens with zero attached hydrogens (tertiary/aromatic N) is 3. The number of thiazole rings is 1. The number of rotatable bonds is 5. The van der Waals surface area contributed by atoms with Gasteiger partial charge in [-0.3, -0.25) is 9.80 Å². The second-order valence-corrected chi connectivity index (χ2v) is 6.61. The van der Waals surface area contributed by atoms with Crippen molar-refractivity contribution in [3.05, 3.63) is 52.5 Å². The summed E-state index contributed by atoms with van der Waals surface area (Å²) in [6.45, 7) is 4.46. The Balaban J connectivity index is 1.46. The molecule has 1 aliphatic rings. The predicted octanol–water partition coefficient (Wildman–Crippen LogP) is 3.24. The van der Waals surface area contributed by atoms with Crippen molar-refractivity contribution in [3.8, 4) is 0 Å². The van der Waals surface area contributed by atoms with E-state index in [1.807, 2.05) is 5.51 Å². The van der Waals surface area contributed by atoms with E-state index in [2.05, 4.69) is 57.5 Å². The third kappa shape index (κ3) is 4.13. The predicted molar refractivity (Wildman–Crippen MR) is 88.3 cm³/mol. The lowest BCUT2D eigenvalue weighted by Gasteiger charge is -2.36. The van der Waals surface area contributed by atoms with Gasteiger partial charge in [0.1, 0.15) is 0 Å². The lowest BCUT2D eigenvalue weighted by atomic mass is 10.0. The second-order valence-electron chi connectivity index (χ2n) is 5.89. The molecule has 2 aromatic rings. The molecule has 0 N–H and O–H groups in total. The Morgan fingerprint density at radius 1 is 1.24 bits per heavy atom. The van der Waals surface area contributed by atoms with Gasteiger partial charge in [-0.25, -0.2) is 4.98 Å². The topological polar surface area (TPSA) is 19.4 Å². The summed E-state index contributed by atoms with van der Waals surface area (Å²) in [6, 6.07) is 11.5. The molecule has 3 nitrogen and oxygen atoms in total. The Labute approximate surface area is 131 Å². The van der Waals surface area contributed by atoms with Crippen LogP contribution in [0, 0.1) is 0 Å². The summed E-state index contributed by atoms with van der Waals surface area (Å²) < 4.78 is 0. The van der Waals surface area contributed by atoms with Crippen molar-refractivity contribution >= 4 is 11.3 Å². The molecular formula is C17H23N3S. The standard InChI is InChI=1S/C17H23N3S/c1-19(12-16-13-21-14-18-16)17-7-9-20(10-8-17)11-15-5-3-2-4-6-15/h2-6,13-14,17H,7-12H2,1H3. The van der Waals surface area contributed by atoms with Gasteiger partial charge in [0.15, 0.2) is 0 Å².